The van der Waals surface area contributed by atoms with Gasteiger partial charge in [0.2, 0.25) is 5.95 Å². The molecule has 1 amide bonds. The highest BCUT2D eigenvalue weighted by Crippen LogP contribution is 2.30. The molecule has 3 heterocycles. The first-order chi connectivity index (χ1) is 9.19. The Hall–Kier alpha value is -1.53. The van der Waals surface area contributed by atoms with Crippen LogP contribution >= 0.6 is 0 Å². The number of halogens is 1. The van der Waals surface area contributed by atoms with Crippen LogP contribution in [0.15, 0.2) is 18.3 Å². The minimum Gasteiger partial charge on any atom is -0.346 e. The van der Waals surface area contributed by atoms with E-state index in [0.29, 0.717) is 31.9 Å². The molecule has 2 saturated heterocycles. The molecule has 0 N–H and O–H groups in total. The van der Waals surface area contributed by atoms with E-state index in [1.807, 2.05) is 0 Å². The molecule has 0 saturated carbocycles. The van der Waals surface area contributed by atoms with Gasteiger partial charge in [0.25, 0.3) is 5.91 Å². The largest absolute Gasteiger partial charge is 0.346 e. The van der Waals surface area contributed by atoms with E-state index in [1.165, 1.54) is 18.3 Å². The number of carbonyl (C=O) groups excluding carboxylic acids is 1. The summed E-state index contributed by atoms with van der Waals surface area (Å²) in [5.74, 6) is -1.39. The third kappa shape index (κ3) is 2.46. The number of nitrogens with zero attached hydrogens (tertiary/aromatic N) is 2. The number of rotatable bonds is 1. The zero-order chi connectivity index (χ0) is 13.3. The van der Waals surface area contributed by atoms with Crippen LogP contribution in [0, 0.1) is 5.95 Å². The average molecular weight is 266 g/mol. The highest BCUT2D eigenvalue weighted by atomic mass is 19.1. The van der Waals surface area contributed by atoms with Gasteiger partial charge in [0.1, 0.15) is 0 Å². The predicted octanol–water partition coefficient (Wildman–Crippen LogP) is 1.20. The van der Waals surface area contributed by atoms with Crippen molar-refractivity contribution in [1.82, 2.24) is 9.88 Å². The molecule has 0 radical (unpaired) electrons. The Morgan fingerprint density at radius 2 is 2.16 bits per heavy atom. The van der Waals surface area contributed by atoms with Crippen molar-refractivity contribution in [3.63, 3.8) is 0 Å². The molecule has 1 aromatic heterocycles. The van der Waals surface area contributed by atoms with Crippen molar-refractivity contribution in [2.75, 3.05) is 26.3 Å². The van der Waals surface area contributed by atoms with Crippen LogP contribution in [0.25, 0.3) is 0 Å². The Morgan fingerprint density at radius 1 is 1.37 bits per heavy atom. The molecule has 1 aromatic rings. The highest BCUT2D eigenvalue weighted by Gasteiger charge is 2.42. The predicted molar refractivity (Wildman–Crippen MR) is 64.0 cm³/mol. The Kier molecular flexibility index (Phi) is 3.20. The molecule has 2 fully saturated rings. The number of piperidine rings is 1. The Labute approximate surface area is 110 Å². The quantitative estimate of drug-likeness (QED) is 0.717. The van der Waals surface area contributed by atoms with E-state index >= 15 is 0 Å². The minimum absolute atomic E-state index is 0.161. The topological polar surface area (TPSA) is 51.7 Å². The molecule has 0 aliphatic carbocycles. The summed E-state index contributed by atoms with van der Waals surface area (Å²) < 4.78 is 24.0. The van der Waals surface area contributed by atoms with Crippen molar-refractivity contribution >= 4 is 5.91 Å². The molecule has 0 bridgehead atoms. The highest BCUT2D eigenvalue weighted by molar-refractivity contribution is 5.94. The Morgan fingerprint density at radius 3 is 2.84 bits per heavy atom. The van der Waals surface area contributed by atoms with Gasteiger partial charge in [-0.05, 0) is 18.6 Å². The Bertz CT molecular complexity index is 471. The van der Waals surface area contributed by atoms with Gasteiger partial charge in [-0.25, -0.2) is 4.98 Å². The lowest BCUT2D eigenvalue weighted by Gasteiger charge is -2.38. The number of likely N-dealkylation sites (tertiary alicyclic amines) is 1. The smallest absolute Gasteiger partial charge is 0.255 e. The number of amides is 1. The van der Waals surface area contributed by atoms with Crippen molar-refractivity contribution in [1.29, 1.82) is 0 Å². The van der Waals surface area contributed by atoms with E-state index in [9.17, 15) is 9.18 Å². The first-order valence-corrected chi connectivity index (χ1v) is 6.37. The second-order valence-electron chi connectivity index (χ2n) is 4.81. The van der Waals surface area contributed by atoms with Gasteiger partial charge in [-0.15, -0.1) is 0 Å². The molecule has 2 aliphatic heterocycles. The molecule has 19 heavy (non-hydrogen) atoms. The Balaban J connectivity index is 1.74. The van der Waals surface area contributed by atoms with Gasteiger partial charge < -0.3 is 14.4 Å². The van der Waals surface area contributed by atoms with Crippen molar-refractivity contribution in [3.8, 4) is 0 Å². The van der Waals surface area contributed by atoms with E-state index in [0.717, 1.165) is 12.8 Å². The molecule has 5 nitrogen and oxygen atoms in total. The van der Waals surface area contributed by atoms with Crippen molar-refractivity contribution in [3.05, 3.63) is 29.8 Å². The molecular weight excluding hydrogens is 251 g/mol. The summed E-state index contributed by atoms with van der Waals surface area (Å²) in [6.07, 6.45) is 2.90. The summed E-state index contributed by atoms with van der Waals surface area (Å²) in [6, 6.07) is 2.64. The normalized spacial score (nSPS) is 21.8. The zero-order valence-electron chi connectivity index (χ0n) is 10.5. The fourth-order valence-electron chi connectivity index (χ4n) is 2.58. The van der Waals surface area contributed by atoms with Crippen LogP contribution in [0.2, 0.25) is 0 Å². The van der Waals surface area contributed by atoms with Crippen LogP contribution in [0.5, 0.6) is 0 Å². The van der Waals surface area contributed by atoms with Gasteiger partial charge in [-0.1, -0.05) is 0 Å². The minimum atomic E-state index is -0.638. The third-order valence-electron chi connectivity index (χ3n) is 3.49. The van der Waals surface area contributed by atoms with Gasteiger partial charge in [0, 0.05) is 19.2 Å². The maximum atomic E-state index is 12.8. The second kappa shape index (κ2) is 4.86. The molecule has 1 spiro atoms. The molecule has 2 aliphatic rings. The summed E-state index contributed by atoms with van der Waals surface area (Å²) in [6.45, 7) is 2.22. The summed E-state index contributed by atoms with van der Waals surface area (Å²) in [5, 5.41) is 0. The first-order valence-electron chi connectivity index (χ1n) is 6.37. The fourth-order valence-corrected chi connectivity index (χ4v) is 2.58. The second-order valence-corrected chi connectivity index (χ2v) is 4.81. The van der Waals surface area contributed by atoms with Crippen molar-refractivity contribution < 1.29 is 18.7 Å². The number of ether oxygens (including phenoxy) is 2. The van der Waals surface area contributed by atoms with E-state index in [2.05, 4.69) is 4.98 Å². The average Bonchev–Trinajstić information content (AvgIpc) is 2.87. The van der Waals surface area contributed by atoms with E-state index < -0.39 is 11.7 Å². The SMILES string of the molecule is O=C(c1ccc(F)nc1)N1CCCC2(C1)OCCO2. The lowest BCUT2D eigenvalue weighted by Crippen LogP contribution is -2.51. The number of hydrogen-bond donors (Lipinski definition) is 0. The maximum absolute atomic E-state index is 12.8. The standard InChI is InChI=1S/C13H15FN2O3/c14-11-3-2-10(8-15-11)12(17)16-5-1-4-13(9-16)18-6-7-19-13/h2-3,8H,1,4-7,9H2. The maximum Gasteiger partial charge on any atom is 0.255 e. The monoisotopic (exact) mass is 266 g/mol. The van der Waals surface area contributed by atoms with E-state index in [4.69, 9.17) is 9.47 Å². The molecule has 0 aromatic carbocycles. The van der Waals surface area contributed by atoms with Gasteiger partial charge in [0.05, 0.1) is 25.3 Å². The number of hydrogen-bond acceptors (Lipinski definition) is 4. The van der Waals surface area contributed by atoms with Crippen LogP contribution in [0.3, 0.4) is 0 Å². The zero-order valence-corrected chi connectivity index (χ0v) is 10.5. The number of aromatic nitrogens is 1. The third-order valence-corrected chi connectivity index (χ3v) is 3.49. The van der Waals surface area contributed by atoms with Crippen LogP contribution in [0.1, 0.15) is 23.2 Å². The van der Waals surface area contributed by atoms with Gasteiger partial charge in [0.15, 0.2) is 5.79 Å². The molecular formula is C13H15FN2O3. The van der Waals surface area contributed by atoms with Crippen LogP contribution in [-0.4, -0.2) is 47.9 Å². The molecule has 0 unspecified atom stereocenters. The fraction of sp³-hybridized carbons (Fsp3) is 0.538. The lowest BCUT2D eigenvalue weighted by atomic mass is 10.0. The molecule has 3 rings (SSSR count). The van der Waals surface area contributed by atoms with E-state index in [-0.39, 0.29) is 5.91 Å². The van der Waals surface area contributed by atoms with Crippen LogP contribution in [-0.2, 0) is 9.47 Å². The van der Waals surface area contributed by atoms with Gasteiger partial charge in [-0.2, -0.15) is 4.39 Å². The molecule has 0 atom stereocenters. The van der Waals surface area contributed by atoms with Gasteiger partial charge in [-0.3, -0.25) is 4.79 Å². The van der Waals surface area contributed by atoms with Crippen molar-refractivity contribution in [2.24, 2.45) is 0 Å². The summed E-state index contributed by atoms with van der Waals surface area (Å²) in [4.78, 5) is 17.5. The molecule has 102 valence electrons. The lowest BCUT2D eigenvalue weighted by molar-refractivity contribution is -0.183. The first kappa shape index (κ1) is 12.5. The van der Waals surface area contributed by atoms with E-state index in [1.54, 1.807) is 4.90 Å². The number of pyridine rings is 1. The molecule has 6 heteroatoms. The van der Waals surface area contributed by atoms with Crippen LogP contribution < -0.4 is 0 Å². The van der Waals surface area contributed by atoms with Crippen LogP contribution in [0.4, 0.5) is 4.39 Å². The summed E-state index contributed by atoms with van der Waals surface area (Å²) >= 11 is 0. The number of carbonyl (C=O) groups is 1. The summed E-state index contributed by atoms with van der Waals surface area (Å²) in [5.41, 5.74) is 0.386. The van der Waals surface area contributed by atoms with Gasteiger partial charge >= 0.3 is 0 Å². The van der Waals surface area contributed by atoms with Crippen molar-refractivity contribution in [2.45, 2.75) is 18.6 Å². The summed E-state index contributed by atoms with van der Waals surface area (Å²) in [7, 11) is 0.